The van der Waals surface area contributed by atoms with Crippen molar-refractivity contribution < 1.29 is 9.18 Å². The molecule has 1 N–H and O–H groups in total. The van der Waals surface area contributed by atoms with Gasteiger partial charge in [-0.25, -0.2) is 9.37 Å². The zero-order chi connectivity index (χ0) is 15.0. The van der Waals surface area contributed by atoms with Crippen LogP contribution in [0.2, 0.25) is 5.15 Å². The molecular formula is C15H13ClFN3O. The molecule has 0 spiro atoms. The molecule has 108 valence electrons. The van der Waals surface area contributed by atoms with E-state index in [0.29, 0.717) is 0 Å². The molecule has 2 heterocycles. The van der Waals surface area contributed by atoms with Crippen LogP contribution in [0.1, 0.15) is 23.6 Å². The summed E-state index contributed by atoms with van der Waals surface area (Å²) in [5.74, 6) is -0.611. The van der Waals surface area contributed by atoms with Crippen LogP contribution in [0.3, 0.4) is 0 Å². The fourth-order valence-corrected chi connectivity index (χ4v) is 2.52. The highest BCUT2D eigenvalue weighted by molar-refractivity contribution is 6.29. The number of halogens is 2. The van der Waals surface area contributed by atoms with Gasteiger partial charge in [-0.1, -0.05) is 11.6 Å². The Bertz CT molecular complexity index is 687. The Morgan fingerprint density at radius 2 is 2.24 bits per heavy atom. The zero-order valence-electron chi connectivity index (χ0n) is 11.3. The second-order valence-corrected chi connectivity index (χ2v) is 5.58. The van der Waals surface area contributed by atoms with Crippen molar-refractivity contribution in [2.75, 3.05) is 5.32 Å². The van der Waals surface area contributed by atoms with E-state index in [1.807, 2.05) is 19.1 Å². The van der Waals surface area contributed by atoms with Gasteiger partial charge in [-0.15, -0.1) is 0 Å². The Morgan fingerprint density at radius 3 is 2.95 bits per heavy atom. The molecule has 0 radical (unpaired) electrons. The minimum Gasteiger partial charge on any atom is -0.310 e. The predicted octanol–water partition coefficient (Wildman–Crippen LogP) is 3.32. The summed E-state index contributed by atoms with van der Waals surface area (Å²) in [7, 11) is 0. The standard InChI is InChI=1S/C15H13ClFN3O/c1-8-2-3-18-12(4-8)10-7-11(10)15(21)20-14-6-9(17)5-13(16)19-14/h2-6,10-11H,7H2,1H3,(H,19,20,21). The van der Waals surface area contributed by atoms with Crippen LogP contribution in [-0.4, -0.2) is 15.9 Å². The first-order valence-electron chi connectivity index (χ1n) is 6.59. The van der Waals surface area contributed by atoms with Crippen molar-refractivity contribution in [3.8, 4) is 0 Å². The number of anilines is 1. The Labute approximate surface area is 126 Å². The maximum Gasteiger partial charge on any atom is 0.229 e. The maximum absolute atomic E-state index is 13.2. The lowest BCUT2D eigenvalue weighted by Crippen LogP contribution is -2.16. The predicted molar refractivity (Wildman–Crippen MR) is 77.7 cm³/mol. The third-order valence-electron chi connectivity index (χ3n) is 3.45. The highest BCUT2D eigenvalue weighted by Gasteiger charge is 2.45. The minimum atomic E-state index is -0.530. The van der Waals surface area contributed by atoms with Gasteiger partial charge < -0.3 is 5.32 Å². The van der Waals surface area contributed by atoms with Crippen LogP contribution in [0.15, 0.2) is 30.5 Å². The van der Waals surface area contributed by atoms with Gasteiger partial charge in [0.15, 0.2) is 0 Å². The van der Waals surface area contributed by atoms with Crippen LogP contribution in [0.4, 0.5) is 10.2 Å². The Hall–Kier alpha value is -2.01. The van der Waals surface area contributed by atoms with Crippen molar-refractivity contribution in [3.05, 3.63) is 52.7 Å². The van der Waals surface area contributed by atoms with Gasteiger partial charge >= 0.3 is 0 Å². The third kappa shape index (κ3) is 3.19. The Morgan fingerprint density at radius 1 is 1.43 bits per heavy atom. The van der Waals surface area contributed by atoms with Crippen LogP contribution < -0.4 is 5.32 Å². The van der Waals surface area contributed by atoms with E-state index >= 15 is 0 Å². The van der Waals surface area contributed by atoms with Crippen LogP contribution in [0, 0.1) is 18.7 Å². The second-order valence-electron chi connectivity index (χ2n) is 5.19. The maximum atomic E-state index is 13.2. The number of aryl methyl sites for hydroxylation is 1. The summed E-state index contributed by atoms with van der Waals surface area (Å²) in [5.41, 5.74) is 2.03. The van der Waals surface area contributed by atoms with Crippen LogP contribution in [0.5, 0.6) is 0 Å². The number of nitrogens with zero attached hydrogens (tertiary/aromatic N) is 2. The normalized spacial score (nSPS) is 20.1. The van der Waals surface area contributed by atoms with Gasteiger partial charge in [-0.2, -0.15) is 0 Å². The number of nitrogens with one attached hydrogen (secondary N) is 1. The largest absolute Gasteiger partial charge is 0.310 e. The quantitative estimate of drug-likeness (QED) is 0.885. The highest BCUT2D eigenvalue weighted by Crippen LogP contribution is 2.47. The molecule has 1 fully saturated rings. The van der Waals surface area contributed by atoms with Crippen molar-refractivity contribution in [2.24, 2.45) is 5.92 Å². The molecule has 1 amide bonds. The Kier molecular flexibility index (Phi) is 3.59. The van der Waals surface area contributed by atoms with Crippen LogP contribution in [-0.2, 0) is 4.79 Å². The van der Waals surface area contributed by atoms with Crippen molar-refractivity contribution in [2.45, 2.75) is 19.3 Å². The average molecular weight is 306 g/mol. The van der Waals surface area contributed by atoms with E-state index in [1.165, 1.54) is 0 Å². The van der Waals surface area contributed by atoms with Crippen molar-refractivity contribution in [3.63, 3.8) is 0 Å². The summed E-state index contributed by atoms with van der Waals surface area (Å²) < 4.78 is 13.2. The first-order valence-corrected chi connectivity index (χ1v) is 6.97. The van der Waals surface area contributed by atoms with Gasteiger partial charge in [0.25, 0.3) is 0 Å². The topological polar surface area (TPSA) is 54.9 Å². The molecule has 2 atom stereocenters. The number of hydrogen-bond donors (Lipinski definition) is 1. The molecule has 2 aromatic rings. The summed E-state index contributed by atoms with van der Waals surface area (Å²) in [6.07, 6.45) is 2.48. The van der Waals surface area contributed by atoms with E-state index < -0.39 is 5.82 Å². The van der Waals surface area contributed by atoms with E-state index in [9.17, 15) is 9.18 Å². The molecule has 1 saturated carbocycles. The molecular weight excluding hydrogens is 293 g/mol. The smallest absolute Gasteiger partial charge is 0.229 e. The number of aromatic nitrogens is 2. The third-order valence-corrected chi connectivity index (χ3v) is 3.65. The monoisotopic (exact) mass is 305 g/mol. The van der Waals surface area contributed by atoms with Crippen molar-refractivity contribution in [1.82, 2.24) is 9.97 Å². The number of rotatable bonds is 3. The van der Waals surface area contributed by atoms with E-state index in [-0.39, 0.29) is 28.7 Å². The second kappa shape index (κ2) is 5.41. The summed E-state index contributed by atoms with van der Waals surface area (Å²) in [6, 6.07) is 6.13. The van der Waals surface area contributed by atoms with E-state index in [2.05, 4.69) is 15.3 Å². The fraction of sp³-hybridized carbons (Fsp3) is 0.267. The first-order chi connectivity index (χ1) is 10.0. The number of carbonyl (C=O) groups is 1. The van der Waals surface area contributed by atoms with E-state index in [1.54, 1.807) is 6.20 Å². The number of amides is 1. The Balaban J connectivity index is 1.68. The lowest BCUT2D eigenvalue weighted by Gasteiger charge is -2.05. The number of carbonyl (C=O) groups excluding carboxylic acids is 1. The first kappa shape index (κ1) is 13.9. The molecule has 2 aromatic heterocycles. The summed E-state index contributed by atoms with van der Waals surface area (Å²) >= 11 is 5.66. The fourth-order valence-electron chi connectivity index (χ4n) is 2.32. The molecule has 1 aliphatic carbocycles. The van der Waals surface area contributed by atoms with Crippen LogP contribution in [0.25, 0.3) is 0 Å². The summed E-state index contributed by atoms with van der Waals surface area (Å²) in [6.45, 7) is 1.99. The molecule has 0 saturated heterocycles. The van der Waals surface area contributed by atoms with E-state index in [4.69, 9.17) is 11.6 Å². The molecule has 21 heavy (non-hydrogen) atoms. The molecule has 6 heteroatoms. The minimum absolute atomic E-state index is 0.0120. The summed E-state index contributed by atoms with van der Waals surface area (Å²) in [5, 5.41) is 2.61. The van der Waals surface area contributed by atoms with Gasteiger partial charge in [0.05, 0.1) is 0 Å². The highest BCUT2D eigenvalue weighted by atomic mass is 35.5. The van der Waals surface area contributed by atoms with Gasteiger partial charge in [0, 0.05) is 35.9 Å². The molecule has 0 aromatic carbocycles. The van der Waals surface area contributed by atoms with Gasteiger partial charge in [-0.05, 0) is 31.0 Å². The number of pyridine rings is 2. The molecule has 2 unspecified atom stereocenters. The average Bonchev–Trinajstić information content (AvgIpc) is 3.17. The zero-order valence-corrected chi connectivity index (χ0v) is 12.1. The van der Waals surface area contributed by atoms with Crippen LogP contribution >= 0.6 is 11.6 Å². The molecule has 4 nitrogen and oxygen atoms in total. The van der Waals surface area contributed by atoms with Gasteiger partial charge in [0.2, 0.25) is 5.91 Å². The van der Waals surface area contributed by atoms with Gasteiger partial charge in [0.1, 0.15) is 16.8 Å². The van der Waals surface area contributed by atoms with Crippen molar-refractivity contribution >= 4 is 23.3 Å². The lowest BCUT2D eigenvalue weighted by atomic mass is 10.1. The number of hydrogen-bond acceptors (Lipinski definition) is 3. The molecule has 0 aliphatic heterocycles. The van der Waals surface area contributed by atoms with E-state index in [0.717, 1.165) is 29.8 Å². The summed E-state index contributed by atoms with van der Waals surface area (Å²) in [4.78, 5) is 20.3. The van der Waals surface area contributed by atoms with Gasteiger partial charge in [-0.3, -0.25) is 9.78 Å². The lowest BCUT2D eigenvalue weighted by molar-refractivity contribution is -0.117. The SMILES string of the molecule is Cc1ccnc(C2CC2C(=O)Nc2cc(F)cc(Cl)n2)c1. The molecule has 3 rings (SSSR count). The molecule has 0 bridgehead atoms. The van der Waals surface area contributed by atoms with Crippen molar-refractivity contribution in [1.29, 1.82) is 0 Å². The molecule has 1 aliphatic rings.